The first-order chi connectivity index (χ1) is 11.2. The standard InChI is InChI=1S/C18H24FNO3/c19-16-5-1-2-6-17(16)23-15-7-9-20(10-8-15)18(21)12-14-4-3-11-22-13-14/h1-2,5-6,14-15H,3-4,7-13H2. The molecule has 0 aromatic heterocycles. The second-order valence-electron chi connectivity index (χ2n) is 6.42. The number of amides is 1. The molecule has 23 heavy (non-hydrogen) atoms. The van der Waals surface area contributed by atoms with Crippen LogP contribution in [0.15, 0.2) is 24.3 Å². The molecule has 1 amide bonds. The molecule has 1 unspecified atom stereocenters. The van der Waals surface area contributed by atoms with E-state index in [2.05, 4.69) is 0 Å². The Kier molecular flexibility index (Phi) is 5.49. The van der Waals surface area contributed by atoms with Crippen LogP contribution in [0.5, 0.6) is 5.75 Å². The summed E-state index contributed by atoms with van der Waals surface area (Å²) in [7, 11) is 0. The second-order valence-corrected chi connectivity index (χ2v) is 6.42. The fourth-order valence-electron chi connectivity index (χ4n) is 3.29. The minimum atomic E-state index is -0.330. The highest BCUT2D eigenvalue weighted by Gasteiger charge is 2.26. The van der Waals surface area contributed by atoms with E-state index < -0.39 is 0 Å². The number of nitrogens with zero attached hydrogens (tertiary/aromatic N) is 1. The Morgan fingerprint density at radius 2 is 2.04 bits per heavy atom. The van der Waals surface area contributed by atoms with E-state index >= 15 is 0 Å². The van der Waals surface area contributed by atoms with Gasteiger partial charge in [-0.2, -0.15) is 0 Å². The lowest BCUT2D eigenvalue weighted by molar-refractivity contribution is -0.135. The van der Waals surface area contributed by atoms with Gasteiger partial charge in [-0.15, -0.1) is 0 Å². The largest absolute Gasteiger partial charge is 0.487 e. The summed E-state index contributed by atoms with van der Waals surface area (Å²) in [6, 6.07) is 6.47. The normalized spacial score (nSPS) is 22.8. The summed E-state index contributed by atoms with van der Waals surface area (Å²) in [5.74, 6) is 0.549. The average molecular weight is 321 g/mol. The quantitative estimate of drug-likeness (QED) is 0.856. The number of piperidine rings is 1. The van der Waals surface area contributed by atoms with Crippen molar-refractivity contribution >= 4 is 5.91 Å². The van der Waals surface area contributed by atoms with Crippen molar-refractivity contribution in [3.05, 3.63) is 30.1 Å². The average Bonchev–Trinajstić information content (AvgIpc) is 2.58. The van der Waals surface area contributed by atoms with Crippen LogP contribution in [0.2, 0.25) is 0 Å². The van der Waals surface area contributed by atoms with Gasteiger partial charge in [-0.25, -0.2) is 4.39 Å². The van der Waals surface area contributed by atoms with E-state index in [-0.39, 0.29) is 17.8 Å². The molecule has 2 saturated heterocycles. The molecule has 0 saturated carbocycles. The van der Waals surface area contributed by atoms with Crippen LogP contribution < -0.4 is 4.74 Å². The topological polar surface area (TPSA) is 38.8 Å². The molecule has 3 rings (SSSR count). The second kappa shape index (κ2) is 7.77. The van der Waals surface area contributed by atoms with E-state index in [0.29, 0.717) is 37.8 Å². The van der Waals surface area contributed by atoms with Crippen LogP contribution in [0, 0.1) is 11.7 Å². The predicted octanol–water partition coefficient (Wildman–Crippen LogP) is 3.01. The van der Waals surface area contributed by atoms with Gasteiger partial charge >= 0.3 is 0 Å². The Bertz CT molecular complexity index is 523. The van der Waals surface area contributed by atoms with Gasteiger partial charge in [0.05, 0.1) is 0 Å². The van der Waals surface area contributed by atoms with Gasteiger partial charge in [0.25, 0.3) is 0 Å². The number of ether oxygens (including phenoxy) is 2. The molecule has 1 atom stereocenters. The maximum Gasteiger partial charge on any atom is 0.222 e. The minimum Gasteiger partial charge on any atom is -0.487 e. The Hall–Kier alpha value is -1.62. The Morgan fingerprint density at radius 3 is 2.74 bits per heavy atom. The van der Waals surface area contributed by atoms with Gasteiger partial charge in [-0.1, -0.05) is 12.1 Å². The molecule has 2 fully saturated rings. The number of rotatable bonds is 4. The van der Waals surface area contributed by atoms with E-state index in [0.717, 1.165) is 32.3 Å². The summed E-state index contributed by atoms with van der Waals surface area (Å²) in [5.41, 5.74) is 0. The number of para-hydroxylation sites is 1. The maximum absolute atomic E-state index is 13.6. The molecule has 1 aromatic carbocycles. The zero-order chi connectivity index (χ0) is 16.1. The first-order valence-corrected chi connectivity index (χ1v) is 8.49. The number of carbonyl (C=O) groups excluding carboxylic acids is 1. The van der Waals surface area contributed by atoms with Gasteiger partial charge in [0.15, 0.2) is 11.6 Å². The fraction of sp³-hybridized carbons (Fsp3) is 0.611. The van der Waals surface area contributed by atoms with Crippen molar-refractivity contribution in [2.24, 2.45) is 5.92 Å². The maximum atomic E-state index is 13.6. The van der Waals surface area contributed by atoms with Crippen LogP contribution in [0.1, 0.15) is 32.1 Å². The van der Waals surface area contributed by atoms with Gasteiger partial charge in [0.1, 0.15) is 6.10 Å². The van der Waals surface area contributed by atoms with Crippen molar-refractivity contribution in [3.8, 4) is 5.75 Å². The number of likely N-dealkylation sites (tertiary alicyclic amines) is 1. The van der Waals surface area contributed by atoms with E-state index in [1.54, 1.807) is 18.2 Å². The molecule has 1 aromatic rings. The number of benzene rings is 1. The van der Waals surface area contributed by atoms with Crippen LogP contribution in [0.3, 0.4) is 0 Å². The zero-order valence-electron chi connectivity index (χ0n) is 13.4. The Balaban J connectivity index is 1.44. The van der Waals surface area contributed by atoms with E-state index in [4.69, 9.17) is 9.47 Å². The Morgan fingerprint density at radius 1 is 1.26 bits per heavy atom. The first-order valence-electron chi connectivity index (χ1n) is 8.49. The highest BCUT2D eigenvalue weighted by molar-refractivity contribution is 5.76. The smallest absolute Gasteiger partial charge is 0.222 e. The summed E-state index contributed by atoms with van der Waals surface area (Å²) in [6.45, 7) is 2.90. The highest BCUT2D eigenvalue weighted by Crippen LogP contribution is 2.23. The fourth-order valence-corrected chi connectivity index (χ4v) is 3.29. The zero-order valence-corrected chi connectivity index (χ0v) is 13.4. The van der Waals surface area contributed by atoms with Crippen molar-refractivity contribution in [1.29, 1.82) is 0 Å². The lowest BCUT2D eigenvalue weighted by Gasteiger charge is -2.33. The summed E-state index contributed by atoms with van der Waals surface area (Å²) in [5, 5.41) is 0. The molecular formula is C18H24FNO3. The molecule has 2 aliphatic heterocycles. The molecule has 2 heterocycles. The first kappa shape index (κ1) is 16.2. The molecule has 5 heteroatoms. The van der Waals surface area contributed by atoms with Gasteiger partial charge in [0, 0.05) is 45.6 Å². The van der Waals surface area contributed by atoms with Crippen molar-refractivity contribution in [3.63, 3.8) is 0 Å². The van der Waals surface area contributed by atoms with E-state index in [1.807, 2.05) is 4.90 Å². The molecule has 2 aliphatic rings. The third-order valence-corrected chi connectivity index (χ3v) is 4.64. The van der Waals surface area contributed by atoms with Gasteiger partial charge in [-0.3, -0.25) is 4.79 Å². The predicted molar refractivity (Wildman–Crippen MR) is 84.8 cm³/mol. The number of hydrogen-bond acceptors (Lipinski definition) is 3. The minimum absolute atomic E-state index is 0.0195. The van der Waals surface area contributed by atoms with Crippen LogP contribution in [0.25, 0.3) is 0 Å². The van der Waals surface area contributed by atoms with E-state index in [1.165, 1.54) is 6.07 Å². The molecule has 0 aliphatic carbocycles. The third-order valence-electron chi connectivity index (χ3n) is 4.64. The van der Waals surface area contributed by atoms with Gasteiger partial charge in [-0.05, 0) is 30.9 Å². The molecule has 0 radical (unpaired) electrons. The van der Waals surface area contributed by atoms with Gasteiger partial charge < -0.3 is 14.4 Å². The summed E-state index contributed by atoms with van der Waals surface area (Å²) >= 11 is 0. The van der Waals surface area contributed by atoms with E-state index in [9.17, 15) is 9.18 Å². The highest BCUT2D eigenvalue weighted by atomic mass is 19.1. The molecule has 0 N–H and O–H groups in total. The Labute approximate surface area is 136 Å². The molecule has 126 valence electrons. The number of halogens is 1. The number of carbonyl (C=O) groups is 1. The van der Waals surface area contributed by atoms with Crippen LogP contribution in [-0.2, 0) is 9.53 Å². The van der Waals surface area contributed by atoms with Crippen LogP contribution in [-0.4, -0.2) is 43.2 Å². The van der Waals surface area contributed by atoms with Crippen LogP contribution >= 0.6 is 0 Å². The lowest BCUT2D eigenvalue weighted by Crippen LogP contribution is -2.42. The summed E-state index contributed by atoms with van der Waals surface area (Å²) in [6.07, 6.45) is 4.20. The molecule has 0 spiro atoms. The van der Waals surface area contributed by atoms with Crippen molar-refractivity contribution in [2.45, 2.75) is 38.2 Å². The van der Waals surface area contributed by atoms with Crippen molar-refractivity contribution < 1.29 is 18.7 Å². The molecule has 4 nitrogen and oxygen atoms in total. The van der Waals surface area contributed by atoms with Crippen LogP contribution in [0.4, 0.5) is 4.39 Å². The van der Waals surface area contributed by atoms with Gasteiger partial charge in [0.2, 0.25) is 5.91 Å². The van der Waals surface area contributed by atoms with Crippen molar-refractivity contribution in [1.82, 2.24) is 4.90 Å². The monoisotopic (exact) mass is 321 g/mol. The number of hydrogen-bond donors (Lipinski definition) is 0. The van der Waals surface area contributed by atoms with Crippen molar-refractivity contribution in [2.75, 3.05) is 26.3 Å². The third kappa shape index (κ3) is 4.44. The summed E-state index contributed by atoms with van der Waals surface area (Å²) < 4.78 is 24.8. The summed E-state index contributed by atoms with van der Waals surface area (Å²) in [4.78, 5) is 14.3. The SMILES string of the molecule is O=C(CC1CCCOC1)N1CCC(Oc2ccccc2F)CC1. The molecular weight excluding hydrogens is 297 g/mol. The lowest BCUT2D eigenvalue weighted by atomic mass is 9.97. The molecule has 0 bridgehead atoms.